The van der Waals surface area contributed by atoms with Gasteiger partial charge in [-0.05, 0) is 24.6 Å². The fourth-order valence-corrected chi connectivity index (χ4v) is 0.741. The maximum absolute atomic E-state index is 12.3. The molecule has 2 heteroatoms. The van der Waals surface area contributed by atoms with Gasteiger partial charge in [0.05, 0.1) is 6.10 Å². The van der Waals surface area contributed by atoms with Crippen LogP contribution in [0.3, 0.4) is 0 Å². The van der Waals surface area contributed by atoms with Crippen LogP contribution in [-0.4, -0.2) is 5.11 Å². The SMILES string of the molecule is CC.CC(O)c1ccc(F)cc1. The Balaban J connectivity index is 0.000000561. The summed E-state index contributed by atoms with van der Waals surface area (Å²) in [6.07, 6.45) is -0.513. The Labute approximate surface area is 72.9 Å². The number of hydrogen-bond donors (Lipinski definition) is 1. The molecule has 12 heavy (non-hydrogen) atoms. The second kappa shape index (κ2) is 5.72. The number of halogens is 1. The van der Waals surface area contributed by atoms with Gasteiger partial charge in [0.25, 0.3) is 0 Å². The van der Waals surface area contributed by atoms with Crippen LogP contribution in [0.4, 0.5) is 4.39 Å². The Bertz CT molecular complexity index is 204. The summed E-state index contributed by atoms with van der Waals surface area (Å²) < 4.78 is 12.3. The van der Waals surface area contributed by atoms with Crippen molar-refractivity contribution in [2.24, 2.45) is 0 Å². The number of benzene rings is 1. The molecule has 0 aromatic heterocycles. The Morgan fingerprint density at radius 2 is 1.58 bits per heavy atom. The predicted molar refractivity (Wildman–Crippen MR) is 48.4 cm³/mol. The van der Waals surface area contributed by atoms with Crippen molar-refractivity contribution in [2.45, 2.75) is 26.9 Å². The van der Waals surface area contributed by atoms with Crippen LogP contribution in [0.1, 0.15) is 32.4 Å². The van der Waals surface area contributed by atoms with Crippen molar-refractivity contribution in [2.75, 3.05) is 0 Å². The first-order valence-corrected chi connectivity index (χ1v) is 4.13. The Kier molecular flexibility index (Phi) is 5.30. The largest absolute Gasteiger partial charge is 0.389 e. The van der Waals surface area contributed by atoms with Gasteiger partial charge in [-0.3, -0.25) is 0 Å². The highest BCUT2D eigenvalue weighted by Gasteiger charge is 1.98. The molecule has 0 spiro atoms. The highest BCUT2D eigenvalue weighted by atomic mass is 19.1. The molecule has 0 radical (unpaired) electrons. The molecule has 0 aliphatic heterocycles. The average molecular weight is 170 g/mol. The molecular formula is C10H15FO. The molecule has 0 fully saturated rings. The Morgan fingerprint density at radius 3 is 1.92 bits per heavy atom. The van der Waals surface area contributed by atoms with Gasteiger partial charge in [-0.25, -0.2) is 4.39 Å². The molecule has 68 valence electrons. The zero-order chi connectivity index (χ0) is 9.56. The average Bonchev–Trinajstić information content (AvgIpc) is 2.09. The minimum absolute atomic E-state index is 0.274. The van der Waals surface area contributed by atoms with E-state index in [1.54, 1.807) is 19.1 Å². The summed E-state index contributed by atoms with van der Waals surface area (Å²) in [5.74, 6) is -0.274. The molecule has 1 rings (SSSR count). The quantitative estimate of drug-likeness (QED) is 0.687. The van der Waals surface area contributed by atoms with Crippen molar-refractivity contribution in [1.82, 2.24) is 0 Å². The summed E-state index contributed by atoms with van der Waals surface area (Å²) in [5, 5.41) is 8.99. The molecule has 0 bridgehead atoms. The zero-order valence-electron chi connectivity index (χ0n) is 7.71. The summed E-state index contributed by atoms with van der Waals surface area (Å²) in [6.45, 7) is 5.65. The molecule has 1 unspecified atom stereocenters. The molecule has 0 aliphatic carbocycles. The molecule has 1 nitrogen and oxygen atoms in total. The summed E-state index contributed by atoms with van der Waals surface area (Å²) in [7, 11) is 0. The first-order valence-electron chi connectivity index (χ1n) is 4.13. The van der Waals surface area contributed by atoms with Crippen molar-refractivity contribution in [3.8, 4) is 0 Å². The van der Waals surface area contributed by atoms with Crippen LogP contribution < -0.4 is 0 Å². The summed E-state index contributed by atoms with van der Waals surface area (Å²) in [4.78, 5) is 0. The topological polar surface area (TPSA) is 20.2 Å². The molecule has 0 heterocycles. The predicted octanol–water partition coefficient (Wildman–Crippen LogP) is 2.91. The van der Waals surface area contributed by atoms with Gasteiger partial charge in [0.1, 0.15) is 5.82 Å². The second-order valence-corrected chi connectivity index (χ2v) is 2.23. The van der Waals surface area contributed by atoms with Gasteiger partial charge < -0.3 is 5.11 Å². The van der Waals surface area contributed by atoms with Gasteiger partial charge in [-0.15, -0.1) is 0 Å². The molecule has 1 atom stereocenters. The lowest BCUT2D eigenvalue weighted by Crippen LogP contribution is -1.89. The van der Waals surface area contributed by atoms with Crippen molar-refractivity contribution in [1.29, 1.82) is 0 Å². The van der Waals surface area contributed by atoms with Crippen molar-refractivity contribution < 1.29 is 9.50 Å². The van der Waals surface area contributed by atoms with E-state index in [0.29, 0.717) is 0 Å². The van der Waals surface area contributed by atoms with Gasteiger partial charge in [-0.1, -0.05) is 26.0 Å². The number of rotatable bonds is 1. The van der Waals surface area contributed by atoms with E-state index in [1.165, 1.54) is 12.1 Å². The maximum atomic E-state index is 12.3. The molecule has 0 saturated carbocycles. The van der Waals surface area contributed by atoms with Crippen molar-refractivity contribution >= 4 is 0 Å². The fraction of sp³-hybridized carbons (Fsp3) is 0.400. The Morgan fingerprint density at radius 1 is 1.17 bits per heavy atom. The minimum atomic E-state index is -0.513. The van der Waals surface area contributed by atoms with Crippen LogP contribution in [0.15, 0.2) is 24.3 Å². The van der Waals surface area contributed by atoms with Crippen LogP contribution in [0.2, 0.25) is 0 Å². The smallest absolute Gasteiger partial charge is 0.123 e. The number of hydrogen-bond acceptors (Lipinski definition) is 1. The van der Waals surface area contributed by atoms with E-state index in [4.69, 9.17) is 5.11 Å². The number of aliphatic hydroxyl groups excluding tert-OH is 1. The number of aliphatic hydroxyl groups is 1. The van der Waals surface area contributed by atoms with E-state index in [0.717, 1.165) is 5.56 Å². The maximum Gasteiger partial charge on any atom is 0.123 e. The molecule has 0 amide bonds. The van der Waals surface area contributed by atoms with Crippen LogP contribution in [0.5, 0.6) is 0 Å². The molecule has 1 N–H and O–H groups in total. The van der Waals surface area contributed by atoms with E-state index in [2.05, 4.69) is 0 Å². The van der Waals surface area contributed by atoms with E-state index >= 15 is 0 Å². The first-order chi connectivity index (χ1) is 5.70. The van der Waals surface area contributed by atoms with Gasteiger partial charge >= 0.3 is 0 Å². The third-order valence-electron chi connectivity index (χ3n) is 1.35. The fourth-order valence-electron chi connectivity index (χ4n) is 0.741. The van der Waals surface area contributed by atoms with Crippen molar-refractivity contribution in [3.05, 3.63) is 35.6 Å². The zero-order valence-corrected chi connectivity index (χ0v) is 7.71. The van der Waals surface area contributed by atoms with E-state index in [1.807, 2.05) is 13.8 Å². The summed E-state index contributed by atoms with van der Waals surface area (Å²) in [5.41, 5.74) is 0.737. The molecule has 1 aromatic carbocycles. The molecule has 1 aromatic rings. The highest BCUT2D eigenvalue weighted by Crippen LogP contribution is 2.11. The molecular weight excluding hydrogens is 155 g/mol. The van der Waals surface area contributed by atoms with Crippen LogP contribution >= 0.6 is 0 Å². The molecule has 0 saturated heterocycles. The third kappa shape index (κ3) is 3.49. The lowest BCUT2D eigenvalue weighted by molar-refractivity contribution is 0.199. The lowest BCUT2D eigenvalue weighted by atomic mass is 10.1. The Hall–Kier alpha value is -0.890. The minimum Gasteiger partial charge on any atom is -0.389 e. The van der Waals surface area contributed by atoms with Crippen LogP contribution in [-0.2, 0) is 0 Å². The van der Waals surface area contributed by atoms with E-state index in [9.17, 15) is 4.39 Å². The van der Waals surface area contributed by atoms with E-state index < -0.39 is 6.10 Å². The normalized spacial score (nSPS) is 11.4. The third-order valence-corrected chi connectivity index (χ3v) is 1.35. The van der Waals surface area contributed by atoms with Gasteiger partial charge in [0.2, 0.25) is 0 Å². The van der Waals surface area contributed by atoms with Gasteiger partial charge in [-0.2, -0.15) is 0 Å². The monoisotopic (exact) mass is 170 g/mol. The summed E-state index contributed by atoms with van der Waals surface area (Å²) >= 11 is 0. The van der Waals surface area contributed by atoms with Gasteiger partial charge in [0.15, 0.2) is 0 Å². The van der Waals surface area contributed by atoms with Crippen LogP contribution in [0, 0.1) is 5.82 Å². The van der Waals surface area contributed by atoms with Gasteiger partial charge in [0, 0.05) is 0 Å². The lowest BCUT2D eigenvalue weighted by Gasteiger charge is -2.01. The highest BCUT2D eigenvalue weighted by molar-refractivity contribution is 5.17. The van der Waals surface area contributed by atoms with Crippen LogP contribution in [0.25, 0.3) is 0 Å². The van der Waals surface area contributed by atoms with Crippen molar-refractivity contribution in [3.63, 3.8) is 0 Å². The molecule has 0 aliphatic rings. The standard InChI is InChI=1S/C8H9FO.C2H6/c1-6(10)7-2-4-8(9)5-3-7;1-2/h2-6,10H,1H3;1-2H3. The first kappa shape index (κ1) is 11.1. The second-order valence-electron chi connectivity index (χ2n) is 2.23. The van der Waals surface area contributed by atoms with E-state index in [-0.39, 0.29) is 5.82 Å². The summed E-state index contributed by atoms with van der Waals surface area (Å²) in [6, 6.07) is 5.81.